The summed E-state index contributed by atoms with van der Waals surface area (Å²) in [4.78, 5) is 8.54. The summed E-state index contributed by atoms with van der Waals surface area (Å²) < 4.78 is 39.8. The molecule has 0 aliphatic carbocycles. The molecule has 2 aromatic heterocycles. The minimum absolute atomic E-state index is 0.0683. The number of aromatic nitrogens is 2. The summed E-state index contributed by atoms with van der Waals surface area (Å²) in [7, 11) is 0. The third-order valence-corrected chi connectivity index (χ3v) is 4.99. The van der Waals surface area contributed by atoms with Crippen LogP contribution in [0.2, 0.25) is 5.02 Å². The van der Waals surface area contributed by atoms with Crippen LogP contribution in [0.4, 0.5) is 18.9 Å². The number of phenolic OH excluding ortho intramolecular Hbond substituents is 1. The van der Waals surface area contributed by atoms with E-state index in [1.807, 2.05) is 6.07 Å². The largest absolute Gasteiger partial charge is 0.505 e. The Balaban J connectivity index is 1.83. The zero-order valence-electron chi connectivity index (χ0n) is 15.4. The maximum atomic E-state index is 13.3. The van der Waals surface area contributed by atoms with E-state index in [0.717, 1.165) is 11.5 Å². The van der Waals surface area contributed by atoms with E-state index >= 15 is 0 Å². The van der Waals surface area contributed by atoms with Crippen molar-refractivity contribution in [3.63, 3.8) is 0 Å². The number of hydrogen-bond acceptors (Lipinski definition) is 4. The van der Waals surface area contributed by atoms with Crippen LogP contribution in [0, 0.1) is 0 Å². The minimum atomic E-state index is -4.59. The second-order valence-corrected chi connectivity index (χ2v) is 7.01. The van der Waals surface area contributed by atoms with Gasteiger partial charge in [0.05, 0.1) is 22.3 Å². The Morgan fingerprint density at radius 1 is 0.933 bits per heavy atom. The Morgan fingerprint density at radius 3 is 2.47 bits per heavy atom. The molecule has 0 fully saturated rings. The molecule has 2 heterocycles. The number of rotatable bonds is 4. The summed E-state index contributed by atoms with van der Waals surface area (Å²) in [6, 6.07) is 15.1. The molecular weight excluding hydrogens is 415 g/mol. The second kappa shape index (κ2) is 7.84. The van der Waals surface area contributed by atoms with Gasteiger partial charge in [0, 0.05) is 29.0 Å². The molecule has 152 valence electrons. The lowest BCUT2D eigenvalue weighted by atomic mass is 9.99. The molecule has 1 unspecified atom stereocenters. The molecule has 0 saturated heterocycles. The van der Waals surface area contributed by atoms with Crippen molar-refractivity contribution in [2.45, 2.75) is 12.2 Å². The van der Waals surface area contributed by atoms with Crippen molar-refractivity contribution in [1.82, 2.24) is 9.97 Å². The number of hydrogen-bond donors (Lipinski definition) is 2. The van der Waals surface area contributed by atoms with E-state index in [4.69, 9.17) is 11.6 Å². The second-order valence-electron chi connectivity index (χ2n) is 6.60. The Bertz CT molecular complexity index is 1200. The highest BCUT2D eigenvalue weighted by Gasteiger charge is 2.33. The summed E-state index contributed by atoms with van der Waals surface area (Å²) in [6.07, 6.45) is -1.46. The first-order chi connectivity index (χ1) is 14.3. The molecule has 1 atom stereocenters. The first kappa shape index (κ1) is 20.0. The van der Waals surface area contributed by atoms with Gasteiger partial charge in [0.1, 0.15) is 11.3 Å². The number of benzene rings is 2. The normalized spacial score (nSPS) is 12.7. The fourth-order valence-electron chi connectivity index (χ4n) is 3.23. The van der Waals surface area contributed by atoms with E-state index < -0.39 is 17.8 Å². The molecule has 4 aromatic rings. The van der Waals surface area contributed by atoms with Gasteiger partial charge in [-0.25, -0.2) is 0 Å². The summed E-state index contributed by atoms with van der Waals surface area (Å²) in [5, 5.41) is 14.3. The number of aromatic hydroxyl groups is 1. The van der Waals surface area contributed by atoms with Crippen molar-refractivity contribution >= 4 is 28.2 Å². The number of fused-ring (bicyclic) bond motifs is 1. The minimum Gasteiger partial charge on any atom is -0.505 e. The number of pyridine rings is 2. The SMILES string of the molecule is Oc1c(C(Nc2ccc(Cl)c(C(F)(F)F)c2)c2ccccn2)ccc2cccnc12. The number of nitrogens with one attached hydrogen (secondary N) is 1. The average molecular weight is 430 g/mol. The Hall–Kier alpha value is -3.32. The van der Waals surface area contributed by atoms with Crippen LogP contribution in [0.5, 0.6) is 5.75 Å². The summed E-state index contributed by atoms with van der Waals surface area (Å²) in [5.74, 6) is -0.0683. The van der Waals surface area contributed by atoms with Crippen molar-refractivity contribution in [1.29, 1.82) is 0 Å². The van der Waals surface area contributed by atoms with E-state index in [9.17, 15) is 18.3 Å². The van der Waals surface area contributed by atoms with Crippen molar-refractivity contribution in [2.24, 2.45) is 0 Å². The third kappa shape index (κ3) is 3.89. The van der Waals surface area contributed by atoms with Crippen molar-refractivity contribution in [2.75, 3.05) is 5.32 Å². The van der Waals surface area contributed by atoms with E-state index in [-0.39, 0.29) is 16.5 Å². The number of phenols is 1. The first-order valence-electron chi connectivity index (χ1n) is 8.95. The van der Waals surface area contributed by atoms with Gasteiger partial charge in [-0.15, -0.1) is 0 Å². The topological polar surface area (TPSA) is 58.0 Å². The van der Waals surface area contributed by atoms with Crippen LogP contribution < -0.4 is 5.32 Å². The molecule has 8 heteroatoms. The van der Waals surface area contributed by atoms with Gasteiger partial charge in [0.2, 0.25) is 0 Å². The molecule has 4 nitrogen and oxygen atoms in total. The molecule has 0 aliphatic rings. The molecule has 0 amide bonds. The maximum absolute atomic E-state index is 13.3. The molecule has 0 aliphatic heterocycles. The van der Waals surface area contributed by atoms with Crippen molar-refractivity contribution < 1.29 is 18.3 Å². The van der Waals surface area contributed by atoms with Gasteiger partial charge in [0.25, 0.3) is 0 Å². The zero-order valence-corrected chi connectivity index (χ0v) is 16.1. The van der Waals surface area contributed by atoms with Crippen LogP contribution in [-0.2, 0) is 6.18 Å². The Labute approximate surface area is 175 Å². The maximum Gasteiger partial charge on any atom is 0.417 e. The average Bonchev–Trinajstić information content (AvgIpc) is 2.74. The predicted molar refractivity (Wildman–Crippen MR) is 110 cm³/mol. The monoisotopic (exact) mass is 429 g/mol. The molecule has 0 spiro atoms. The number of anilines is 1. The number of halogens is 4. The molecule has 0 radical (unpaired) electrons. The van der Waals surface area contributed by atoms with E-state index in [1.165, 1.54) is 12.1 Å². The van der Waals surface area contributed by atoms with Crippen molar-refractivity contribution in [3.05, 3.63) is 94.9 Å². The summed E-state index contributed by atoms with van der Waals surface area (Å²) in [6.45, 7) is 0. The summed E-state index contributed by atoms with van der Waals surface area (Å²) >= 11 is 5.73. The zero-order chi connectivity index (χ0) is 21.3. The highest BCUT2D eigenvalue weighted by Crippen LogP contribution is 2.39. The molecule has 30 heavy (non-hydrogen) atoms. The van der Waals surface area contributed by atoms with Gasteiger partial charge >= 0.3 is 6.18 Å². The highest BCUT2D eigenvalue weighted by atomic mass is 35.5. The van der Waals surface area contributed by atoms with E-state index in [1.54, 1.807) is 48.8 Å². The van der Waals surface area contributed by atoms with Gasteiger partial charge in [-0.05, 0) is 36.4 Å². The van der Waals surface area contributed by atoms with Gasteiger partial charge in [-0.3, -0.25) is 9.97 Å². The van der Waals surface area contributed by atoms with E-state index in [2.05, 4.69) is 15.3 Å². The molecule has 0 saturated carbocycles. The van der Waals surface area contributed by atoms with Gasteiger partial charge in [-0.1, -0.05) is 35.9 Å². The fraction of sp³-hybridized carbons (Fsp3) is 0.0909. The van der Waals surface area contributed by atoms with Crippen molar-refractivity contribution in [3.8, 4) is 5.75 Å². The van der Waals surface area contributed by atoms with Crippen LogP contribution in [0.15, 0.2) is 73.1 Å². The smallest absolute Gasteiger partial charge is 0.417 e. The van der Waals surface area contributed by atoms with Gasteiger partial charge in [-0.2, -0.15) is 13.2 Å². The standard InChI is InChI=1S/C22H15ClF3N3O/c23-17-9-7-14(12-16(17)22(24,25)26)29-20(18-5-1-2-10-27-18)15-8-6-13-4-3-11-28-19(13)21(15)30/h1-12,20,29-30H. The van der Waals surface area contributed by atoms with Crippen LogP contribution >= 0.6 is 11.6 Å². The fourth-order valence-corrected chi connectivity index (χ4v) is 3.46. The molecular formula is C22H15ClF3N3O. The Kier molecular flexibility index (Phi) is 5.22. The van der Waals surface area contributed by atoms with Crippen LogP contribution in [0.3, 0.4) is 0 Å². The quantitative estimate of drug-likeness (QED) is 0.405. The molecule has 4 rings (SSSR count). The van der Waals surface area contributed by atoms with Gasteiger partial charge in [0.15, 0.2) is 0 Å². The summed E-state index contributed by atoms with van der Waals surface area (Å²) in [5.41, 5.74) is 0.584. The number of alkyl halides is 3. The van der Waals surface area contributed by atoms with Crippen LogP contribution in [0.25, 0.3) is 10.9 Å². The lowest BCUT2D eigenvalue weighted by molar-refractivity contribution is -0.137. The number of nitrogens with zero attached hydrogens (tertiary/aromatic N) is 2. The highest BCUT2D eigenvalue weighted by molar-refractivity contribution is 6.31. The lowest BCUT2D eigenvalue weighted by Crippen LogP contribution is -2.15. The molecule has 2 N–H and O–H groups in total. The molecule has 2 aromatic carbocycles. The van der Waals surface area contributed by atoms with Gasteiger partial charge < -0.3 is 10.4 Å². The third-order valence-electron chi connectivity index (χ3n) is 4.66. The predicted octanol–water partition coefficient (Wildman–Crippen LogP) is 6.21. The van der Waals surface area contributed by atoms with E-state index in [0.29, 0.717) is 16.8 Å². The lowest BCUT2D eigenvalue weighted by Gasteiger charge is -2.22. The first-order valence-corrected chi connectivity index (χ1v) is 9.33. The van der Waals surface area contributed by atoms with Crippen LogP contribution in [0.1, 0.15) is 22.9 Å². The van der Waals surface area contributed by atoms with Crippen LogP contribution in [-0.4, -0.2) is 15.1 Å². The Morgan fingerprint density at radius 2 is 1.73 bits per heavy atom. The molecule has 0 bridgehead atoms.